The van der Waals surface area contributed by atoms with Gasteiger partial charge >= 0.3 is 11.9 Å². The smallest absolute Gasteiger partial charge is 0.334 e. The van der Waals surface area contributed by atoms with Crippen LogP contribution in [-0.4, -0.2) is 31.1 Å². The number of ether oxygens (including phenoxy) is 2. The summed E-state index contributed by atoms with van der Waals surface area (Å²) in [7, 11) is 2.53. The van der Waals surface area contributed by atoms with Crippen molar-refractivity contribution in [1.82, 2.24) is 4.98 Å². The number of benzene rings is 1. The third-order valence-electron chi connectivity index (χ3n) is 2.95. The molecular weight excluding hydrogens is 270 g/mol. The Labute approximate surface area is 122 Å². The van der Waals surface area contributed by atoms with Gasteiger partial charge < -0.3 is 9.47 Å². The minimum absolute atomic E-state index is 0.155. The maximum absolute atomic E-state index is 11.7. The van der Waals surface area contributed by atoms with Crippen molar-refractivity contribution in [2.75, 3.05) is 14.2 Å². The van der Waals surface area contributed by atoms with Crippen LogP contribution in [0.1, 0.15) is 12.1 Å². The van der Waals surface area contributed by atoms with Gasteiger partial charge in [-0.15, -0.1) is 0 Å². The Bertz CT molecular complexity index is 706. The second-order valence-corrected chi connectivity index (χ2v) is 4.34. The topological polar surface area (TPSA) is 65.5 Å². The maximum Gasteiger partial charge on any atom is 0.334 e. The van der Waals surface area contributed by atoms with Gasteiger partial charge in [0.05, 0.1) is 37.4 Å². The molecule has 108 valence electrons. The van der Waals surface area contributed by atoms with E-state index in [1.807, 2.05) is 30.3 Å². The Balaban J connectivity index is 2.38. The Kier molecular flexibility index (Phi) is 4.66. The van der Waals surface area contributed by atoms with Gasteiger partial charge in [-0.25, -0.2) is 9.78 Å². The first kappa shape index (κ1) is 14.7. The number of pyridine rings is 1. The zero-order valence-corrected chi connectivity index (χ0v) is 11.8. The number of aromatic nitrogens is 1. The number of carbonyl (C=O) groups is 2. The minimum Gasteiger partial charge on any atom is -0.469 e. The first-order valence-corrected chi connectivity index (χ1v) is 6.35. The van der Waals surface area contributed by atoms with Gasteiger partial charge in [-0.3, -0.25) is 4.79 Å². The molecule has 21 heavy (non-hydrogen) atoms. The predicted molar refractivity (Wildman–Crippen MR) is 78.4 cm³/mol. The summed E-state index contributed by atoms with van der Waals surface area (Å²) < 4.78 is 9.25. The van der Waals surface area contributed by atoms with Crippen LogP contribution in [0.5, 0.6) is 0 Å². The van der Waals surface area contributed by atoms with E-state index in [-0.39, 0.29) is 12.0 Å². The molecule has 0 saturated heterocycles. The predicted octanol–water partition coefficient (Wildman–Crippen LogP) is 2.35. The van der Waals surface area contributed by atoms with Crippen LogP contribution in [0.3, 0.4) is 0 Å². The monoisotopic (exact) mass is 285 g/mol. The minimum atomic E-state index is -0.574. The van der Waals surface area contributed by atoms with Gasteiger partial charge in [-0.05, 0) is 18.2 Å². The molecular formula is C16H15NO4. The lowest BCUT2D eigenvalue weighted by Crippen LogP contribution is -2.11. The van der Waals surface area contributed by atoms with Gasteiger partial charge in [0.15, 0.2) is 0 Å². The molecule has 1 heterocycles. The fraction of sp³-hybridized carbons (Fsp3) is 0.188. The summed E-state index contributed by atoms with van der Waals surface area (Å²) >= 11 is 0. The summed E-state index contributed by atoms with van der Waals surface area (Å²) in [5, 5.41) is 1.00. The number of fused-ring (bicyclic) bond motifs is 1. The van der Waals surface area contributed by atoms with Gasteiger partial charge in [0, 0.05) is 5.39 Å². The maximum atomic E-state index is 11.7. The van der Waals surface area contributed by atoms with Crippen molar-refractivity contribution in [3.8, 4) is 0 Å². The lowest BCUT2D eigenvalue weighted by Gasteiger charge is -2.05. The molecule has 5 heteroatoms. The van der Waals surface area contributed by atoms with Crippen molar-refractivity contribution < 1.29 is 19.1 Å². The summed E-state index contributed by atoms with van der Waals surface area (Å²) in [6, 6.07) is 11.3. The van der Waals surface area contributed by atoms with Gasteiger partial charge in [-0.1, -0.05) is 24.3 Å². The van der Waals surface area contributed by atoms with Crippen LogP contribution < -0.4 is 0 Å². The van der Waals surface area contributed by atoms with Crippen molar-refractivity contribution >= 4 is 28.9 Å². The fourth-order valence-corrected chi connectivity index (χ4v) is 1.88. The van der Waals surface area contributed by atoms with E-state index in [2.05, 4.69) is 14.5 Å². The molecule has 2 rings (SSSR count). The van der Waals surface area contributed by atoms with E-state index in [1.165, 1.54) is 20.3 Å². The lowest BCUT2D eigenvalue weighted by molar-refractivity contribution is -0.143. The van der Waals surface area contributed by atoms with Crippen LogP contribution in [0.15, 0.2) is 42.0 Å². The molecule has 0 aliphatic carbocycles. The molecule has 0 amide bonds. The van der Waals surface area contributed by atoms with E-state index in [9.17, 15) is 9.59 Å². The molecule has 0 saturated carbocycles. The number of para-hydroxylation sites is 1. The third-order valence-corrected chi connectivity index (χ3v) is 2.95. The SMILES string of the molecule is COC(=O)C/C(=C\c1ccc2ccccc2n1)C(=O)OC. The van der Waals surface area contributed by atoms with Crippen LogP contribution in [0.4, 0.5) is 0 Å². The zero-order chi connectivity index (χ0) is 15.2. The van der Waals surface area contributed by atoms with Crippen molar-refractivity contribution in [3.05, 3.63) is 47.7 Å². The average molecular weight is 285 g/mol. The molecule has 5 nitrogen and oxygen atoms in total. The van der Waals surface area contributed by atoms with Gasteiger partial charge in [0.25, 0.3) is 0 Å². The molecule has 0 atom stereocenters. The van der Waals surface area contributed by atoms with Crippen molar-refractivity contribution in [2.24, 2.45) is 0 Å². The third kappa shape index (κ3) is 3.66. The first-order valence-electron chi connectivity index (χ1n) is 6.35. The van der Waals surface area contributed by atoms with Crippen LogP contribution in [0.2, 0.25) is 0 Å². The number of hydrogen-bond donors (Lipinski definition) is 0. The molecule has 1 aromatic carbocycles. The largest absolute Gasteiger partial charge is 0.469 e. The summed E-state index contributed by atoms with van der Waals surface area (Å²) in [5.74, 6) is -1.08. The summed E-state index contributed by atoms with van der Waals surface area (Å²) in [6.45, 7) is 0. The first-order chi connectivity index (χ1) is 10.1. The van der Waals surface area contributed by atoms with E-state index >= 15 is 0 Å². The highest BCUT2D eigenvalue weighted by Crippen LogP contribution is 2.15. The van der Waals surface area contributed by atoms with Gasteiger partial charge in [-0.2, -0.15) is 0 Å². The van der Waals surface area contributed by atoms with Crippen LogP contribution in [0, 0.1) is 0 Å². The molecule has 0 spiro atoms. The molecule has 0 unspecified atom stereocenters. The van der Waals surface area contributed by atoms with E-state index < -0.39 is 11.9 Å². The number of hydrogen-bond acceptors (Lipinski definition) is 5. The Hall–Kier alpha value is -2.69. The summed E-state index contributed by atoms with van der Waals surface area (Å²) in [4.78, 5) is 27.5. The molecule has 0 radical (unpaired) electrons. The van der Waals surface area contributed by atoms with E-state index in [0.717, 1.165) is 10.9 Å². The lowest BCUT2D eigenvalue weighted by atomic mass is 10.1. The standard InChI is InChI=1S/C16H15NO4/c1-20-15(18)10-12(16(19)21-2)9-13-8-7-11-5-3-4-6-14(11)17-13/h3-9H,10H2,1-2H3/b12-9+. The second kappa shape index (κ2) is 6.65. The fourth-order valence-electron chi connectivity index (χ4n) is 1.88. The quantitative estimate of drug-likeness (QED) is 0.637. The Morgan fingerprint density at radius 3 is 2.57 bits per heavy atom. The van der Waals surface area contributed by atoms with E-state index in [4.69, 9.17) is 0 Å². The number of esters is 2. The zero-order valence-electron chi connectivity index (χ0n) is 11.8. The highest BCUT2D eigenvalue weighted by molar-refractivity contribution is 5.98. The molecule has 0 N–H and O–H groups in total. The summed E-state index contributed by atoms with van der Waals surface area (Å²) in [5.41, 5.74) is 1.60. The number of methoxy groups -OCH3 is 2. The molecule has 2 aromatic rings. The van der Waals surface area contributed by atoms with Gasteiger partial charge in [0.1, 0.15) is 0 Å². The normalized spacial score (nSPS) is 11.2. The number of nitrogens with zero attached hydrogens (tertiary/aromatic N) is 1. The molecule has 0 bridgehead atoms. The molecule has 0 aliphatic heterocycles. The molecule has 0 fully saturated rings. The van der Waals surface area contributed by atoms with Crippen LogP contribution in [0.25, 0.3) is 17.0 Å². The number of carbonyl (C=O) groups excluding carboxylic acids is 2. The van der Waals surface area contributed by atoms with Crippen LogP contribution >= 0.6 is 0 Å². The van der Waals surface area contributed by atoms with Crippen molar-refractivity contribution in [2.45, 2.75) is 6.42 Å². The highest BCUT2D eigenvalue weighted by Gasteiger charge is 2.15. The van der Waals surface area contributed by atoms with E-state index in [1.54, 1.807) is 6.07 Å². The highest BCUT2D eigenvalue weighted by atomic mass is 16.5. The second-order valence-electron chi connectivity index (χ2n) is 4.34. The number of rotatable bonds is 4. The Morgan fingerprint density at radius 1 is 1.10 bits per heavy atom. The van der Waals surface area contributed by atoms with Crippen molar-refractivity contribution in [3.63, 3.8) is 0 Å². The van der Waals surface area contributed by atoms with Crippen LogP contribution in [-0.2, 0) is 19.1 Å². The molecule has 0 aliphatic rings. The summed E-state index contributed by atoms with van der Waals surface area (Å²) in [6.07, 6.45) is 1.38. The van der Waals surface area contributed by atoms with E-state index in [0.29, 0.717) is 5.69 Å². The van der Waals surface area contributed by atoms with Crippen molar-refractivity contribution in [1.29, 1.82) is 0 Å². The Morgan fingerprint density at radius 2 is 1.86 bits per heavy atom. The molecule has 1 aromatic heterocycles. The average Bonchev–Trinajstić information content (AvgIpc) is 2.53. The van der Waals surface area contributed by atoms with Gasteiger partial charge in [0.2, 0.25) is 0 Å².